The molecular formula is C31H24O10. The van der Waals surface area contributed by atoms with Gasteiger partial charge in [0.05, 0.1) is 37.7 Å². The number of furan rings is 1. The molecule has 10 nitrogen and oxygen atoms in total. The van der Waals surface area contributed by atoms with Gasteiger partial charge >= 0.3 is 11.9 Å². The SMILES string of the molecule is COC(=O)CC(c1ccc(-c2ccc(C(=O)OC)cc2)o1)c1c(O)c(O)c(O)c2c(=O)cc(-c3ccccc3)oc12. The summed E-state index contributed by atoms with van der Waals surface area (Å²) in [6.45, 7) is 0. The van der Waals surface area contributed by atoms with E-state index in [9.17, 15) is 29.7 Å². The maximum atomic E-state index is 13.2. The Bertz CT molecular complexity index is 1810. The lowest BCUT2D eigenvalue weighted by Gasteiger charge is -2.19. The van der Waals surface area contributed by atoms with Crippen molar-refractivity contribution >= 4 is 22.9 Å². The van der Waals surface area contributed by atoms with Crippen LogP contribution in [0.3, 0.4) is 0 Å². The van der Waals surface area contributed by atoms with Crippen LogP contribution in [0.2, 0.25) is 0 Å². The molecule has 0 aliphatic rings. The van der Waals surface area contributed by atoms with Crippen LogP contribution in [0.15, 0.2) is 86.4 Å². The number of esters is 2. The zero-order chi connectivity index (χ0) is 29.3. The van der Waals surface area contributed by atoms with Gasteiger partial charge in [-0.05, 0) is 24.3 Å². The third-order valence-corrected chi connectivity index (χ3v) is 6.70. The van der Waals surface area contributed by atoms with E-state index in [-0.39, 0.29) is 34.5 Å². The van der Waals surface area contributed by atoms with Crippen molar-refractivity contribution in [2.45, 2.75) is 12.3 Å². The van der Waals surface area contributed by atoms with E-state index in [0.717, 1.165) is 6.07 Å². The summed E-state index contributed by atoms with van der Waals surface area (Å²) in [7, 11) is 2.47. The van der Waals surface area contributed by atoms with E-state index in [1.54, 1.807) is 66.7 Å². The van der Waals surface area contributed by atoms with Gasteiger partial charge in [0, 0.05) is 17.2 Å². The summed E-state index contributed by atoms with van der Waals surface area (Å²) < 4.78 is 21.7. The van der Waals surface area contributed by atoms with Gasteiger partial charge in [0.2, 0.25) is 5.75 Å². The number of ether oxygens (including phenoxy) is 2. The fraction of sp³-hybridized carbons (Fsp3) is 0.129. The highest BCUT2D eigenvalue weighted by Crippen LogP contribution is 2.49. The Labute approximate surface area is 232 Å². The smallest absolute Gasteiger partial charge is 0.337 e. The molecule has 3 aromatic carbocycles. The Hall–Kier alpha value is -5.51. The predicted molar refractivity (Wildman–Crippen MR) is 147 cm³/mol. The fourth-order valence-electron chi connectivity index (χ4n) is 4.62. The minimum atomic E-state index is -1.12. The first kappa shape index (κ1) is 27.1. The Balaban J connectivity index is 1.71. The van der Waals surface area contributed by atoms with Gasteiger partial charge in [0.25, 0.3) is 0 Å². The van der Waals surface area contributed by atoms with E-state index in [1.807, 2.05) is 0 Å². The first-order valence-electron chi connectivity index (χ1n) is 12.4. The van der Waals surface area contributed by atoms with E-state index >= 15 is 0 Å². The second kappa shape index (κ2) is 10.9. The number of rotatable bonds is 7. The zero-order valence-corrected chi connectivity index (χ0v) is 21.9. The van der Waals surface area contributed by atoms with Crippen molar-refractivity contribution in [1.29, 1.82) is 0 Å². The summed E-state index contributed by atoms with van der Waals surface area (Å²) in [6, 6.07) is 19.5. The molecule has 0 amide bonds. The van der Waals surface area contributed by atoms with E-state index in [2.05, 4.69) is 0 Å². The van der Waals surface area contributed by atoms with Crippen molar-refractivity contribution in [1.82, 2.24) is 0 Å². The van der Waals surface area contributed by atoms with Gasteiger partial charge in [-0.25, -0.2) is 4.79 Å². The molecule has 0 radical (unpaired) electrons. The molecule has 0 saturated heterocycles. The van der Waals surface area contributed by atoms with Crippen LogP contribution in [0.4, 0.5) is 0 Å². The lowest BCUT2D eigenvalue weighted by molar-refractivity contribution is -0.140. The van der Waals surface area contributed by atoms with Gasteiger partial charge in [-0.2, -0.15) is 0 Å². The zero-order valence-electron chi connectivity index (χ0n) is 21.9. The first-order valence-corrected chi connectivity index (χ1v) is 12.4. The second-order valence-electron chi connectivity index (χ2n) is 9.11. The van der Waals surface area contributed by atoms with Crippen LogP contribution in [0, 0.1) is 0 Å². The van der Waals surface area contributed by atoms with Gasteiger partial charge in [-0.1, -0.05) is 42.5 Å². The summed E-state index contributed by atoms with van der Waals surface area (Å²) in [5.41, 5.74) is 0.413. The topological polar surface area (TPSA) is 157 Å². The van der Waals surface area contributed by atoms with Crippen LogP contribution in [0.1, 0.15) is 34.0 Å². The summed E-state index contributed by atoms with van der Waals surface area (Å²) in [5.74, 6) is -4.24. The number of aromatic hydroxyl groups is 3. The molecule has 0 saturated carbocycles. The molecule has 2 heterocycles. The number of hydrogen-bond acceptors (Lipinski definition) is 10. The maximum absolute atomic E-state index is 13.2. The second-order valence-corrected chi connectivity index (χ2v) is 9.11. The van der Waals surface area contributed by atoms with Crippen molar-refractivity contribution in [3.8, 4) is 39.9 Å². The Morgan fingerprint density at radius 2 is 1.46 bits per heavy atom. The quantitative estimate of drug-likeness (QED) is 0.177. The average molecular weight is 557 g/mol. The molecule has 1 unspecified atom stereocenters. The lowest BCUT2D eigenvalue weighted by Crippen LogP contribution is -2.12. The maximum Gasteiger partial charge on any atom is 0.337 e. The predicted octanol–water partition coefficient (Wildman–Crippen LogP) is 5.32. The third-order valence-electron chi connectivity index (χ3n) is 6.70. The Kier molecular flexibility index (Phi) is 7.22. The van der Waals surface area contributed by atoms with E-state index in [0.29, 0.717) is 22.5 Å². The molecule has 2 aromatic heterocycles. The molecule has 3 N–H and O–H groups in total. The normalized spacial score (nSPS) is 11.8. The summed E-state index contributed by atoms with van der Waals surface area (Å²) in [5, 5.41) is 31.9. The number of phenolic OH excluding ortho intramolecular Hbond substituents is 3. The van der Waals surface area contributed by atoms with Crippen LogP contribution in [0.25, 0.3) is 33.6 Å². The highest BCUT2D eigenvalue weighted by atomic mass is 16.5. The molecule has 5 rings (SSSR count). The van der Waals surface area contributed by atoms with Crippen LogP contribution >= 0.6 is 0 Å². The van der Waals surface area contributed by atoms with E-state index < -0.39 is 40.5 Å². The van der Waals surface area contributed by atoms with Gasteiger partial charge in [0.1, 0.15) is 28.2 Å². The number of fused-ring (bicyclic) bond motifs is 1. The molecule has 10 heteroatoms. The molecule has 41 heavy (non-hydrogen) atoms. The van der Waals surface area contributed by atoms with Gasteiger partial charge < -0.3 is 33.6 Å². The summed E-state index contributed by atoms with van der Waals surface area (Å²) in [6.07, 6.45) is -0.378. The fourth-order valence-corrected chi connectivity index (χ4v) is 4.62. The Morgan fingerprint density at radius 3 is 2.12 bits per heavy atom. The minimum Gasteiger partial charge on any atom is -0.504 e. The van der Waals surface area contributed by atoms with Crippen molar-refractivity contribution in [2.75, 3.05) is 14.2 Å². The number of carbonyl (C=O) groups excluding carboxylic acids is 2. The van der Waals surface area contributed by atoms with Gasteiger partial charge in [-0.15, -0.1) is 0 Å². The number of phenols is 3. The monoisotopic (exact) mass is 556 g/mol. The number of carbonyl (C=O) groups is 2. The van der Waals surface area contributed by atoms with Crippen LogP contribution in [-0.4, -0.2) is 41.5 Å². The molecular weight excluding hydrogens is 532 g/mol. The largest absolute Gasteiger partial charge is 0.504 e. The van der Waals surface area contributed by atoms with E-state index in [4.69, 9.17) is 18.3 Å². The first-order chi connectivity index (χ1) is 19.7. The molecule has 0 bridgehead atoms. The number of hydrogen-bond donors (Lipinski definition) is 3. The van der Waals surface area contributed by atoms with Crippen molar-refractivity contribution in [3.63, 3.8) is 0 Å². The molecule has 1 atom stereocenters. The average Bonchev–Trinajstić information content (AvgIpc) is 3.49. The Morgan fingerprint density at radius 1 is 0.780 bits per heavy atom. The number of benzene rings is 3. The van der Waals surface area contributed by atoms with Gasteiger partial charge in [0.15, 0.2) is 16.9 Å². The molecule has 5 aromatic rings. The minimum absolute atomic E-state index is 0.136. The van der Waals surface area contributed by atoms with Crippen molar-refractivity contribution < 1.29 is 43.2 Å². The summed E-state index contributed by atoms with van der Waals surface area (Å²) in [4.78, 5) is 37.5. The summed E-state index contributed by atoms with van der Waals surface area (Å²) >= 11 is 0. The standard InChI is InChI=1S/C31H24O10/c1-38-24(33)14-19(22-13-12-21(40-22)17-8-10-18(11-9-17)31(37)39-2)25-27(34)29(36)28(35)26-20(32)15-23(41-30(25)26)16-6-4-3-5-7-16/h3-13,15,19,34-36H,14H2,1-2H3. The molecule has 0 aliphatic carbocycles. The highest BCUT2D eigenvalue weighted by molar-refractivity contribution is 5.94. The number of methoxy groups -OCH3 is 2. The van der Waals surface area contributed by atoms with E-state index in [1.165, 1.54) is 14.2 Å². The highest BCUT2D eigenvalue weighted by Gasteiger charge is 2.33. The molecule has 208 valence electrons. The van der Waals surface area contributed by atoms with Crippen LogP contribution in [-0.2, 0) is 14.3 Å². The lowest BCUT2D eigenvalue weighted by atomic mass is 9.90. The van der Waals surface area contributed by atoms with Crippen LogP contribution in [0.5, 0.6) is 17.2 Å². The molecule has 0 spiro atoms. The molecule has 0 fully saturated rings. The van der Waals surface area contributed by atoms with Crippen LogP contribution < -0.4 is 5.43 Å². The van der Waals surface area contributed by atoms with Crippen molar-refractivity contribution in [3.05, 3.63) is 99.9 Å². The molecule has 0 aliphatic heterocycles. The van der Waals surface area contributed by atoms with Crippen molar-refractivity contribution in [2.24, 2.45) is 0 Å². The van der Waals surface area contributed by atoms with Gasteiger partial charge in [-0.3, -0.25) is 9.59 Å². The third kappa shape index (κ3) is 4.98.